The minimum Gasteiger partial charge on any atom is -0.496 e. The van der Waals surface area contributed by atoms with Crippen molar-refractivity contribution in [3.63, 3.8) is 0 Å². The van der Waals surface area contributed by atoms with E-state index in [1.54, 1.807) is 12.3 Å². The molecule has 0 saturated heterocycles. The highest BCUT2D eigenvalue weighted by Crippen LogP contribution is 2.29. The second-order valence-corrected chi connectivity index (χ2v) is 7.22. The fourth-order valence-electron chi connectivity index (χ4n) is 2.79. The molecular weight excluding hydrogens is 392 g/mol. The van der Waals surface area contributed by atoms with Gasteiger partial charge < -0.3 is 10.1 Å². The summed E-state index contributed by atoms with van der Waals surface area (Å²) in [5, 5.41) is 14.5. The summed E-state index contributed by atoms with van der Waals surface area (Å²) in [6, 6.07) is 10.3. The number of benzene rings is 2. The second kappa shape index (κ2) is 8.78. The number of hydrogen-bond acceptors (Lipinski definition) is 6. The molecule has 0 saturated carbocycles. The van der Waals surface area contributed by atoms with Crippen LogP contribution in [0.3, 0.4) is 0 Å². The molecule has 1 heterocycles. The normalized spacial score (nSPS) is 10.6. The van der Waals surface area contributed by atoms with Crippen LogP contribution < -0.4 is 10.1 Å². The molecule has 1 amide bonds. The molecule has 0 unspecified atom stereocenters. The van der Waals surface area contributed by atoms with Crippen molar-refractivity contribution in [2.75, 3.05) is 18.2 Å². The van der Waals surface area contributed by atoms with Gasteiger partial charge in [-0.05, 0) is 43.2 Å². The van der Waals surface area contributed by atoms with E-state index in [0.717, 1.165) is 16.8 Å². The number of thioether (sulfide) groups is 1. The lowest BCUT2D eigenvalue weighted by Gasteiger charge is -2.12. The number of hydrogen-bond donors (Lipinski definition) is 1. The molecule has 0 atom stereocenters. The Labute approximate surface area is 172 Å². The van der Waals surface area contributed by atoms with E-state index in [0.29, 0.717) is 10.9 Å². The first-order valence-electron chi connectivity index (χ1n) is 8.75. The fourth-order valence-corrected chi connectivity index (χ4v) is 3.55. The summed E-state index contributed by atoms with van der Waals surface area (Å²) < 4.78 is 6.93. The van der Waals surface area contributed by atoms with Gasteiger partial charge in [0.1, 0.15) is 11.4 Å². The first-order chi connectivity index (χ1) is 13.9. The van der Waals surface area contributed by atoms with Gasteiger partial charge in [0, 0.05) is 12.4 Å². The zero-order valence-electron chi connectivity index (χ0n) is 16.2. The van der Waals surface area contributed by atoms with Crippen LogP contribution in [0.4, 0.5) is 11.4 Å². The number of aryl methyl sites for hydroxylation is 1. The quantitative estimate of drug-likeness (QED) is 0.356. The summed E-state index contributed by atoms with van der Waals surface area (Å²) in [4.78, 5) is 27.4. The molecule has 0 aliphatic carbocycles. The lowest BCUT2D eigenvalue weighted by atomic mass is 10.1. The number of nitrogens with zero attached hydrogens (tertiary/aromatic N) is 3. The lowest BCUT2D eigenvalue weighted by Crippen LogP contribution is -2.15. The summed E-state index contributed by atoms with van der Waals surface area (Å²) in [5.41, 5.74) is 3.19. The van der Waals surface area contributed by atoms with Crippen LogP contribution in [0.5, 0.6) is 5.75 Å². The molecule has 3 aromatic rings. The van der Waals surface area contributed by atoms with Crippen molar-refractivity contribution in [2.24, 2.45) is 0 Å². The molecule has 0 fully saturated rings. The fraction of sp³-hybridized carbons (Fsp3) is 0.200. The topological polar surface area (TPSA) is 99.3 Å². The number of amides is 1. The molecule has 1 N–H and O–H groups in total. The van der Waals surface area contributed by atoms with E-state index in [1.165, 1.54) is 31.0 Å². The van der Waals surface area contributed by atoms with Crippen LogP contribution >= 0.6 is 11.8 Å². The summed E-state index contributed by atoms with van der Waals surface area (Å²) in [6.45, 7) is 4.08. The van der Waals surface area contributed by atoms with Crippen LogP contribution in [-0.2, 0) is 4.79 Å². The van der Waals surface area contributed by atoms with Gasteiger partial charge >= 0.3 is 0 Å². The standard InChI is InChI=1S/C20H20N4O4S/c1-13-5-4-6-17(14(13)2)23-10-9-21-20(23)29-12-19(25)22-16-8-7-15(28-3)11-18(16)24(26)27/h4-11H,12H2,1-3H3,(H,22,25). The van der Waals surface area contributed by atoms with E-state index >= 15 is 0 Å². The average molecular weight is 412 g/mol. The first-order valence-corrected chi connectivity index (χ1v) is 9.74. The molecule has 0 aliphatic heterocycles. The number of anilines is 1. The van der Waals surface area contributed by atoms with Gasteiger partial charge in [0.15, 0.2) is 5.16 Å². The smallest absolute Gasteiger partial charge is 0.296 e. The van der Waals surface area contributed by atoms with E-state index in [9.17, 15) is 14.9 Å². The molecule has 150 valence electrons. The summed E-state index contributed by atoms with van der Waals surface area (Å²) in [6.07, 6.45) is 3.52. The summed E-state index contributed by atoms with van der Waals surface area (Å²) >= 11 is 1.26. The van der Waals surface area contributed by atoms with E-state index in [1.807, 2.05) is 42.8 Å². The van der Waals surface area contributed by atoms with Gasteiger partial charge in [-0.25, -0.2) is 4.98 Å². The average Bonchev–Trinajstić information content (AvgIpc) is 3.17. The number of ether oxygens (including phenoxy) is 1. The molecule has 2 aromatic carbocycles. The third kappa shape index (κ3) is 4.57. The Hall–Kier alpha value is -3.33. The Morgan fingerprint density at radius 1 is 1.31 bits per heavy atom. The number of methoxy groups -OCH3 is 1. The summed E-state index contributed by atoms with van der Waals surface area (Å²) in [5.74, 6) is 0.0452. The third-order valence-corrected chi connectivity index (χ3v) is 5.42. The number of nitro groups is 1. The zero-order valence-corrected chi connectivity index (χ0v) is 17.0. The number of imidazole rings is 1. The van der Waals surface area contributed by atoms with E-state index in [4.69, 9.17) is 4.74 Å². The highest BCUT2D eigenvalue weighted by molar-refractivity contribution is 7.99. The predicted molar refractivity (Wildman–Crippen MR) is 112 cm³/mol. The number of carbonyl (C=O) groups is 1. The van der Waals surface area contributed by atoms with E-state index < -0.39 is 4.92 Å². The molecule has 1 aromatic heterocycles. The van der Waals surface area contributed by atoms with Crippen molar-refractivity contribution < 1.29 is 14.5 Å². The maximum Gasteiger partial charge on any atom is 0.296 e. The Kier molecular flexibility index (Phi) is 6.18. The van der Waals surface area contributed by atoms with Crippen LogP contribution in [0, 0.1) is 24.0 Å². The van der Waals surface area contributed by atoms with Gasteiger partial charge in [-0.3, -0.25) is 19.5 Å². The van der Waals surface area contributed by atoms with Crippen LogP contribution in [0.1, 0.15) is 11.1 Å². The number of nitro benzene ring substituents is 1. The molecular formula is C20H20N4O4S. The molecule has 3 rings (SSSR count). The van der Waals surface area contributed by atoms with Crippen LogP contribution in [0.2, 0.25) is 0 Å². The van der Waals surface area contributed by atoms with Crippen molar-refractivity contribution in [2.45, 2.75) is 19.0 Å². The molecule has 0 bridgehead atoms. The summed E-state index contributed by atoms with van der Waals surface area (Å²) in [7, 11) is 1.42. The van der Waals surface area contributed by atoms with Crippen LogP contribution in [-0.4, -0.2) is 33.2 Å². The van der Waals surface area contributed by atoms with Gasteiger partial charge in [-0.15, -0.1) is 0 Å². The Bertz CT molecular complexity index is 1060. The minimum absolute atomic E-state index is 0.0606. The molecule has 0 spiro atoms. The minimum atomic E-state index is -0.557. The van der Waals surface area contributed by atoms with Crippen molar-refractivity contribution in [1.82, 2.24) is 9.55 Å². The Morgan fingerprint density at radius 2 is 2.10 bits per heavy atom. The van der Waals surface area contributed by atoms with Crippen molar-refractivity contribution in [3.8, 4) is 11.4 Å². The highest BCUT2D eigenvalue weighted by Gasteiger charge is 2.18. The van der Waals surface area contributed by atoms with Crippen molar-refractivity contribution in [1.29, 1.82) is 0 Å². The maximum absolute atomic E-state index is 12.4. The molecule has 29 heavy (non-hydrogen) atoms. The van der Waals surface area contributed by atoms with Gasteiger partial charge in [0.05, 0.1) is 29.5 Å². The van der Waals surface area contributed by atoms with E-state index in [2.05, 4.69) is 10.3 Å². The largest absolute Gasteiger partial charge is 0.496 e. The maximum atomic E-state index is 12.4. The van der Waals surface area contributed by atoms with Crippen molar-refractivity contribution >= 4 is 29.0 Å². The first kappa shape index (κ1) is 20.4. The molecule has 0 aliphatic rings. The number of aromatic nitrogens is 2. The van der Waals surface area contributed by atoms with Gasteiger partial charge in [0.2, 0.25) is 5.91 Å². The molecule has 8 nitrogen and oxygen atoms in total. The van der Waals surface area contributed by atoms with Crippen LogP contribution in [0.25, 0.3) is 5.69 Å². The van der Waals surface area contributed by atoms with Gasteiger partial charge in [-0.2, -0.15) is 0 Å². The Morgan fingerprint density at radius 3 is 2.83 bits per heavy atom. The predicted octanol–water partition coefficient (Wildman–Crippen LogP) is 4.14. The SMILES string of the molecule is COc1ccc(NC(=O)CSc2nccn2-c2cccc(C)c2C)c([N+](=O)[O-])c1. The number of nitrogens with one attached hydrogen (secondary N) is 1. The number of rotatable bonds is 7. The third-order valence-electron chi connectivity index (χ3n) is 4.45. The monoisotopic (exact) mass is 412 g/mol. The van der Waals surface area contributed by atoms with Crippen LogP contribution in [0.15, 0.2) is 53.9 Å². The van der Waals surface area contributed by atoms with Crippen molar-refractivity contribution in [3.05, 3.63) is 70.0 Å². The lowest BCUT2D eigenvalue weighted by molar-refractivity contribution is -0.384. The van der Waals surface area contributed by atoms with E-state index in [-0.39, 0.29) is 23.0 Å². The highest BCUT2D eigenvalue weighted by atomic mass is 32.2. The number of carbonyl (C=O) groups excluding carboxylic acids is 1. The van der Waals surface area contributed by atoms with Gasteiger partial charge in [-0.1, -0.05) is 23.9 Å². The second-order valence-electron chi connectivity index (χ2n) is 6.28. The Balaban J connectivity index is 1.73. The zero-order chi connectivity index (χ0) is 21.0. The molecule has 0 radical (unpaired) electrons. The molecule has 9 heteroatoms. The van der Waals surface area contributed by atoms with Gasteiger partial charge in [0.25, 0.3) is 5.69 Å².